The highest BCUT2D eigenvalue weighted by molar-refractivity contribution is 7.99. The van der Waals surface area contributed by atoms with E-state index in [2.05, 4.69) is 40.0 Å². The molecule has 25 nitrogen and oxygen atoms in total. The summed E-state index contributed by atoms with van der Waals surface area (Å²) in [6.07, 6.45) is 3.12. The fourth-order valence-electron chi connectivity index (χ4n) is 12.1. The minimum atomic E-state index is -1.66. The second-order valence-corrected chi connectivity index (χ2v) is 30.3. The van der Waals surface area contributed by atoms with Gasteiger partial charge in [0.2, 0.25) is 65.0 Å². The average molecular weight is 1380 g/mol. The van der Waals surface area contributed by atoms with Crippen LogP contribution >= 0.6 is 11.8 Å². The molecule has 1 saturated heterocycles. The molecule has 13 atom stereocenters. The van der Waals surface area contributed by atoms with Crippen molar-refractivity contribution >= 4 is 76.7 Å². The smallest absolute Gasteiger partial charge is 0.246 e. The molecular weight excluding hydrogens is 1250 g/mol. The number of hydrogen-bond donors (Lipinski definition) is 6. The first-order valence-corrected chi connectivity index (χ1v) is 36.0. The van der Waals surface area contributed by atoms with Crippen LogP contribution in [-0.4, -0.2) is 273 Å². The zero-order chi connectivity index (χ0) is 74.3. The second kappa shape index (κ2) is 40.9. The molecule has 26 heteroatoms. The largest absolute Gasteiger partial charge is 0.390 e. The molecule has 0 unspecified atom stereocenters. The third kappa shape index (κ3) is 25.8. The van der Waals surface area contributed by atoms with Crippen molar-refractivity contribution in [3.8, 4) is 0 Å². The molecule has 0 aliphatic carbocycles. The number of nitrogens with one attached hydrogen (secondary N) is 4. The molecule has 1 fully saturated rings. The Morgan fingerprint density at radius 2 is 0.948 bits per heavy atom. The molecule has 6 N–H and O–H groups in total. The van der Waals surface area contributed by atoms with Crippen molar-refractivity contribution in [1.82, 2.24) is 60.5 Å². The topological polar surface area (TPSA) is 302 Å². The number of likely N-dealkylation sites (N-methyl/N-ethyl adjacent to an activating group) is 7. The van der Waals surface area contributed by atoms with E-state index in [0.717, 1.165) is 35.9 Å². The van der Waals surface area contributed by atoms with Crippen molar-refractivity contribution in [1.29, 1.82) is 0 Å². The molecular formula is C70H128N12O13S. The molecule has 1 heterocycles. The van der Waals surface area contributed by atoms with Gasteiger partial charge in [0.1, 0.15) is 66.5 Å². The van der Waals surface area contributed by atoms with Gasteiger partial charge in [-0.05, 0) is 134 Å². The Morgan fingerprint density at radius 1 is 0.510 bits per heavy atom. The quantitative estimate of drug-likeness (QED) is 0.0617. The van der Waals surface area contributed by atoms with Crippen molar-refractivity contribution in [2.75, 3.05) is 80.5 Å². The number of aliphatic hydroxyl groups excluding tert-OH is 1. The lowest BCUT2D eigenvalue weighted by atomic mass is 9.91. The molecule has 0 radical (unpaired) electrons. The molecule has 552 valence electrons. The van der Waals surface area contributed by atoms with Crippen LogP contribution in [0.25, 0.3) is 0 Å². The van der Waals surface area contributed by atoms with E-state index in [1.54, 1.807) is 54.5 Å². The van der Waals surface area contributed by atoms with E-state index in [4.69, 9.17) is 0 Å². The van der Waals surface area contributed by atoms with Gasteiger partial charge in [0.05, 0.1) is 11.7 Å². The van der Waals surface area contributed by atoms with Gasteiger partial charge < -0.3 is 70.7 Å². The maximum Gasteiger partial charge on any atom is 0.246 e. The zero-order valence-corrected chi connectivity index (χ0v) is 64.2. The minimum Gasteiger partial charge on any atom is -0.390 e. The van der Waals surface area contributed by atoms with E-state index in [9.17, 15) is 29.4 Å². The van der Waals surface area contributed by atoms with Crippen LogP contribution in [0.15, 0.2) is 12.2 Å². The molecule has 0 aromatic rings. The maximum absolute atomic E-state index is 15.4. The summed E-state index contributed by atoms with van der Waals surface area (Å²) in [7, 11) is 9.91. The number of thioether (sulfide) groups is 1. The Labute approximate surface area is 580 Å². The summed E-state index contributed by atoms with van der Waals surface area (Å²) < 4.78 is 0. The molecule has 11 amide bonds. The monoisotopic (exact) mass is 1380 g/mol. The number of carbonyl (C=O) groups is 11. The fraction of sp³-hybridized carbons (Fsp3) is 0.814. The van der Waals surface area contributed by atoms with Gasteiger partial charge in [-0.25, -0.2) is 0 Å². The van der Waals surface area contributed by atoms with E-state index in [1.165, 1.54) is 113 Å². The van der Waals surface area contributed by atoms with Gasteiger partial charge in [-0.3, -0.25) is 52.7 Å². The number of amides is 11. The van der Waals surface area contributed by atoms with Crippen LogP contribution in [-0.2, 0) is 52.7 Å². The summed E-state index contributed by atoms with van der Waals surface area (Å²) in [4.78, 5) is 175. The molecule has 1 rings (SSSR count). The summed E-state index contributed by atoms with van der Waals surface area (Å²) >= 11 is 1.41. The lowest BCUT2D eigenvalue weighted by Crippen LogP contribution is -2.64. The molecule has 0 aromatic heterocycles. The highest BCUT2D eigenvalue weighted by atomic mass is 32.2. The van der Waals surface area contributed by atoms with Crippen LogP contribution in [0.1, 0.15) is 176 Å². The number of nitrogens with zero attached hydrogens (tertiary/aromatic N) is 8. The summed E-state index contributed by atoms with van der Waals surface area (Å²) in [5.41, 5.74) is -1.58. The lowest BCUT2D eigenvalue weighted by Gasteiger charge is -2.41. The Kier molecular flexibility index (Phi) is 37.5. The first kappa shape index (κ1) is 88.2. The summed E-state index contributed by atoms with van der Waals surface area (Å²) in [5.74, 6) is -9.63. The number of rotatable bonds is 23. The second-order valence-electron chi connectivity index (χ2n) is 29.2. The lowest BCUT2D eigenvalue weighted by molar-refractivity contribution is -0.157. The maximum atomic E-state index is 15.4. The molecule has 1 aliphatic rings. The third-order valence-corrected chi connectivity index (χ3v) is 19.4. The number of allylic oxidation sites excluding steroid dienone is 2. The number of aliphatic hydroxyl groups is 2. The number of hydrogen-bond acceptors (Lipinski definition) is 15. The van der Waals surface area contributed by atoms with Gasteiger partial charge in [-0.15, -0.1) is 0 Å². The first-order valence-electron chi connectivity index (χ1n) is 34.8. The third-order valence-electron chi connectivity index (χ3n) is 18.3. The Hall–Kier alpha value is -5.86. The van der Waals surface area contributed by atoms with Gasteiger partial charge in [-0.1, -0.05) is 109 Å². The van der Waals surface area contributed by atoms with Crippen molar-refractivity contribution < 1.29 is 63.0 Å². The van der Waals surface area contributed by atoms with Crippen molar-refractivity contribution in [2.24, 2.45) is 35.5 Å². The van der Waals surface area contributed by atoms with Crippen molar-refractivity contribution in [3.63, 3.8) is 0 Å². The zero-order valence-electron chi connectivity index (χ0n) is 63.4. The van der Waals surface area contributed by atoms with Crippen LogP contribution in [0.5, 0.6) is 0 Å². The minimum absolute atomic E-state index is 0.0237. The van der Waals surface area contributed by atoms with Gasteiger partial charge in [0.15, 0.2) is 0 Å². The molecule has 0 spiro atoms. The van der Waals surface area contributed by atoms with Gasteiger partial charge in [0, 0.05) is 61.5 Å². The normalized spacial score (nSPS) is 26.2. The molecule has 1 aliphatic heterocycles. The number of carbonyl (C=O) groups excluding carboxylic acids is 11. The Bertz CT molecular complexity index is 2600. The van der Waals surface area contributed by atoms with Crippen LogP contribution in [0.2, 0.25) is 0 Å². The van der Waals surface area contributed by atoms with Crippen LogP contribution < -0.4 is 21.3 Å². The fourth-order valence-corrected chi connectivity index (χ4v) is 13.2. The van der Waals surface area contributed by atoms with E-state index >= 15 is 33.6 Å². The molecule has 0 saturated carbocycles. The van der Waals surface area contributed by atoms with Crippen LogP contribution in [0.4, 0.5) is 0 Å². The standard InChI is InChI=1S/C70H128N12O13S/c1-27-31-33-46(15)58(83)57-62(87)73-49(28-2)64(89)79(24)54(40-96-35-32-34-82(29-3)30-4)67(92)78(23)53(39-70(18,19)95)61(86)74-55(44(11)12)68(93)75(20)50(36-41(5)6)60(85)71-47(16)59(84)72-48(17)63(88)76(21)51(37-42(7)8)65(90)77(22)52(38-43(9)10)66(91)80(25)56(45(13)14)69(94)81(57)26/h27,31,41-58,83,95H,28-30,32-40H2,1-26H3,(H,71,85)(H,72,84)(H,73,87)(H,74,86)/t46-,47+,48-,49+,50+,51+,52+,53+,54-,55+,56+,57+,58-/m1/s1. The van der Waals surface area contributed by atoms with Gasteiger partial charge >= 0.3 is 0 Å². The van der Waals surface area contributed by atoms with Gasteiger partial charge in [-0.2, -0.15) is 11.8 Å². The molecule has 0 bridgehead atoms. The Balaban J connectivity index is 4.58. The van der Waals surface area contributed by atoms with Crippen molar-refractivity contribution in [2.45, 2.75) is 255 Å². The summed E-state index contributed by atoms with van der Waals surface area (Å²) in [6.45, 7) is 35.6. The van der Waals surface area contributed by atoms with E-state index < -0.39 is 161 Å². The predicted molar refractivity (Wildman–Crippen MR) is 379 cm³/mol. The van der Waals surface area contributed by atoms with Crippen LogP contribution in [0.3, 0.4) is 0 Å². The van der Waals surface area contributed by atoms with E-state index in [1.807, 2.05) is 47.6 Å². The molecule has 0 aromatic carbocycles. The van der Waals surface area contributed by atoms with Gasteiger partial charge in [0.25, 0.3) is 0 Å². The predicted octanol–water partition coefficient (Wildman–Crippen LogP) is 4.22. The van der Waals surface area contributed by atoms with E-state index in [-0.39, 0.29) is 62.0 Å². The van der Waals surface area contributed by atoms with E-state index in [0.29, 0.717) is 5.75 Å². The highest BCUT2D eigenvalue weighted by Crippen LogP contribution is 2.27. The summed E-state index contributed by atoms with van der Waals surface area (Å²) in [6, 6.07) is -14.4. The first-order chi connectivity index (χ1) is 44.4. The highest BCUT2D eigenvalue weighted by Gasteiger charge is 2.47. The van der Waals surface area contributed by atoms with Crippen LogP contribution in [0, 0.1) is 35.5 Å². The summed E-state index contributed by atoms with van der Waals surface area (Å²) in [5, 5.41) is 34.8. The SMILES string of the molecule is CC=CC[C@@H](C)[C@@H](O)[C@H]1C(=O)N[C@@H](CC)C(=O)N(C)[C@H](CSCCCN(CC)CC)C(=O)N(C)[C@@H](CC(C)(C)O)C(=O)N[C@@H](C(C)C)C(=O)N(C)[C@@H](CC(C)C)C(=O)N[C@@H](C)C(=O)N[C@H](C)C(=O)N(C)[C@@H](CC(C)C)C(=O)N(C)[C@@H](CC(C)C)C(=O)N(C)[C@@H](C(C)C)C(=O)N1C. The van der Waals surface area contributed by atoms with Crippen molar-refractivity contribution in [3.05, 3.63) is 12.2 Å². The Morgan fingerprint density at radius 3 is 1.42 bits per heavy atom. The molecule has 96 heavy (non-hydrogen) atoms. The average Bonchev–Trinajstić information content (AvgIpc) is 0.829.